The zero-order chi connectivity index (χ0) is 9.26. The van der Waals surface area contributed by atoms with Crippen LogP contribution in [-0.4, -0.2) is 17.0 Å². The van der Waals surface area contributed by atoms with Gasteiger partial charge >= 0.3 is 0 Å². The molecule has 13 heavy (non-hydrogen) atoms. The van der Waals surface area contributed by atoms with Crippen molar-refractivity contribution in [3.8, 4) is 0 Å². The lowest BCUT2D eigenvalue weighted by molar-refractivity contribution is 0.0905. The molecule has 1 N–H and O–H groups in total. The monoisotopic (exact) mass is 178 g/mol. The first kappa shape index (κ1) is 8.51. The number of nitrogens with one attached hydrogen (secondary N) is 1. The maximum absolute atomic E-state index is 11.5. The zero-order valence-electron chi connectivity index (χ0n) is 7.84. The molecule has 2 rings (SSSR count). The highest BCUT2D eigenvalue weighted by Crippen LogP contribution is 2.15. The number of nitrogens with zero attached hydrogens (tertiary/aromatic N) is 1. The third-order valence-electron chi connectivity index (χ3n) is 2.51. The van der Waals surface area contributed by atoms with Crippen molar-refractivity contribution in [1.82, 2.24) is 9.88 Å². The molecule has 0 amide bonds. The van der Waals surface area contributed by atoms with Gasteiger partial charge in [0.2, 0.25) is 5.91 Å². The fraction of sp³-hybridized carbons (Fsp3) is 0.500. The summed E-state index contributed by atoms with van der Waals surface area (Å²) in [7, 11) is 0. The predicted molar refractivity (Wildman–Crippen MR) is 50.8 cm³/mol. The van der Waals surface area contributed by atoms with Crippen molar-refractivity contribution in [3.63, 3.8) is 0 Å². The first-order valence-corrected chi connectivity index (χ1v) is 4.76. The molecule has 0 bridgehead atoms. The third kappa shape index (κ3) is 1.40. The number of carbonyl (C=O) groups excluding carboxylic acids is 1. The van der Waals surface area contributed by atoms with Crippen LogP contribution >= 0.6 is 0 Å². The van der Waals surface area contributed by atoms with Crippen LogP contribution in [0.25, 0.3) is 0 Å². The first-order chi connectivity index (χ1) is 6.33. The van der Waals surface area contributed by atoms with Crippen LogP contribution in [0.5, 0.6) is 0 Å². The summed E-state index contributed by atoms with van der Waals surface area (Å²) in [4.78, 5) is 11.5. The van der Waals surface area contributed by atoms with E-state index in [1.165, 1.54) is 11.3 Å². The Morgan fingerprint density at radius 2 is 2.54 bits per heavy atom. The number of hydrogen-bond acceptors (Lipinski definition) is 2. The Morgan fingerprint density at radius 1 is 1.69 bits per heavy atom. The van der Waals surface area contributed by atoms with Gasteiger partial charge in [-0.2, -0.15) is 0 Å². The van der Waals surface area contributed by atoms with Gasteiger partial charge in [0.25, 0.3) is 0 Å². The highest BCUT2D eigenvalue weighted by Gasteiger charge is 2.15. The molecular formula is C10H14N2O. The number of carbonyl (C=O) groups is 1. The molecule has 0 atom stereocenters. The van der Waals surface area contributed by atoms with E-state index < -0.39 is 0 Å². The summed E-state index contributed by atoms with van der Waals surface area (Å²) in [6, 6.07) is 2.04. The van der Waals surface area contributed by atoms with Gasteiger partial charge in [-0.25, -0.2) is 0 Å². The van der Waals surface area contributed by atoms with Crippen LogP contribution in [0, 0.1) is 0 Å². The van der Waals surface area contributed by atoms with Gasteiger partial charge in [-0.1, -0.05) is 6.92 Å². The molecule has 0 aliphatic carbocycles. The Kier molecular flexibility index (Phi) is 2.19. The van der Waals surface area contributed by atoms with E-state index in [0.717, 1.165) is 19.5 Å². The van der Waals surface area contributed by atoms with E-state index in [9.17, 15) is 4.79 Å². The SMILES string of the molecule is CCC(=O)n1ccc2c1CCNC2. The van der Waals surface area contributed by atoms with Gasteiger partial charge in [0.05, 0.1) is 0 Å². The Morgan fingerprint density at radius 3 is 3.31 bits per heavy atom. The number of fused-ring (bicyclic) bond motifs is 1. The van der Waals surface area contributed by atoms with Gasteiger partial charge in [0.1, 0.15) is 0 Å². The van der Waals surface area contributed by atoms with Crippen molar-refractivity contribution in [2.45, 2.75) is 26.3 Å². The van der Waals surface area contributed by atoms with Crippen LogP contribution in [0.3, 0.4) is 0 Å². The van der Waals surface area contributed by atoms with E-state index in [1.54, 1.807) is 4.57 Å². The van der Waals surface area contributed by atoms with Gasteiger partial charge in [-0.05, 0) is 11.6 Å². The molecule has 70 valence electrons. The summed E-state index contributed by atoms with van der Waals surface area (Å²) >= 11 is 0. The van der Waals surface area contributed by atoms with Crippen LogP contribution < -0.4 is 5.32 Å². The van der Waals surface area contributed by atoms with Crippen molar-refractivity contribution in [2.24, 2.45) is 0 Å². The number of rotatable bonds is 1. The van der Waals surface area contributed by atoms with Crippen molar-refractivity contribution < 1.29 is 4.79 Å². The summed E-state index contributed by atoms with van der Waals surface area (Å²) in [5.74, 6) is 0.197. The lowest BCUT2D eigenvalue weighted by atomic mass is 10.1. The van der Waals surface area contributed by atoms with E-state index in [2.05, 4.69) is 5.32 Å². The fourth-order valence-electron chi connectivity index (χ4n) is 1.78. The Hall–Kier alpha value is -1.09. The van der Waals surface area contributed by atoms with Crippen molar-refractivity contribution in [1.29, 1.82) is 0 Å². The summed E-state index contributed by atoms with van der Waals surface area (Å²) in [5, 5.41) is 3.29. The molecule has 0 unspecified atom stereocenters. The second kappa shape index (κ2) is 3.34. The summed E-state index contributed by atoms with van der Waals surface area (Å²) < 4.78 is 1.80. The van der Waals surface area contributed by atoms with E-state index in [0.29, 0.717) is 6.42 Å². The minimum Gasteiger partial charge on any atom is -0.312 e. The van der Waals surface area contributed by atoms with Crippen molar-refractivity contribution in [2.75, 3.05) is 6.54 Å². The molecule has 0 aromatic carbocycles. The molecule has 3 nitrogen and oxygen atoms in total. The molecule has 1 aliphatic heterocycles. The average molecular weight is 178 g/mol. The van der Waals surface area contributed by atoms with Gasteiger partial charge in [-0.15, -0.1) is 0 Å². The zero-order valence-corrected chi connectivity index (χ0v) is 7.84. The molecule has 0 saturated carbocycles. The van der Waals surface area contributed by atoms with E-state index in [-0.39, 0.29) is 5.91 Å². The quantitative estimate of drug-likeness (QED) is 0.700. The highest BCUT2D eigenvalue weighted by atomic mass is 16.2. The highest BCUT2D eigenvalue weighted by molar-refractivity contribution is 5.79. The number of hydrogen-bond donors (Lipinski definition) is 1. The number of aromatic nitrogens is 1. The molecule has 0 spiro atoms. The predicted octanol–water partition coefficient (Wildman–Crippen LogP) is 1.18. The van der Waals surface area contributed by atoms with Gasteiger partial charge < -0.3 is 5.32 Å². The van der Waals surface area contributed by atoms with Crippen LogP contribution in [-0.2, 0) is 13.0 Å². The topological polar surface area (TPSA) is 34.0 Å². The van der Waals surface area contributed by atoms with Gasteiger partial charge in [-0.3, -0.25) is 9.36 Å². The van der Waals surface area contributed by atoms with Crippen LogP contribution in [0.2, 0.25) is 0 Å². The third-order valence-corrected chi connectivity index (χ3v) is 2.51. The lowest BCUT2D eigenvalue weighted by Crippen LogP contribution is -2.25. The van der Waals surface area contributed by atoms with Crippen LogP contribution in [0.4, 0.5) is 0 Å². The first-order valence-electron chi connectivity index (χ1n) is 4.76. The molecule has 1 aromatic rings. The van der Waals surface area contributed by atoms with E-state index >= 15 is 0 Å². The van der Waals surface area contributed by atoms with Crippen LogP contribution in [0.1, 0.15) is 29.4 Å². The lowest BCUT2D eigenvalue weighted by Gasteiger charge is -2.15. The summed E-state index contributed by atoms with van der Waals surface area (Å²) in [6.07, 6.45) is 3.44. The largest absolute Gasteiger partial charge is 0.312 e. The summed E-state index contributed by atoms with van der Waals surface area (Å²) in [6.45, 7) is 3.78. The molecule has 0 radical (unpaired) electrons. The Labute approximate surface area is 77.7 Å². The van der Waals surface area contributed by atoms with Gasteiger partial charge in [0.15, 0.2) is 0 Å². The summed E-state index contributed by atoms with van der Waals surface area (Å²) in [5.41, 5.74) is 2.47. The van der Waals surface area contributed by atoms with Crippen LogP contribution in [0.15, 0.2) is 12.3 Å². The standard InChI is InChI=1S/C10H14N2O/c1-2-10(13)12-6-4-8-7-11-5-3-9(8)12/h4,6,11H,2-3,5,7H2,1H3. The van der Waals surface area contributed by atoms with Gasteiger partial charge in [0, 0.05) is 37.8 Å². The molecule has 0 saturated heterocycles. The van der Waals surface area contributed by atoms with E-state index in [1.807, 2.05) is 19.2 Å². The van der Waals surface area contributed by atoms with E-state index in [4.69, 9.17) is 0 Å². The normalized spacial score (nSPS) is 15.5. The molecule has 1 aliphatic rings. The average Bonchev–Trinajstić information content (AvgIpc) is 2.60. The molecular weight excluding hydrogens is 164 g/mol. The van der Waals surface area contributed by atoms with Crippen molar-refractivity contribution in [3.05, 3.63) is 23.5 Å². The molecule has 3 heteroatoms. The fourth-order valence-corrected chi connectivity index (χ4v) is 1.78. The maximum Gasteiger partial charge on any atom is 0.230 e. The molecule has 1 aromatic heterocycles. The molecule has 2 heterocycles. The maximum atomic E-state index is 11.5. The second-order valence-electron chi connectivity index (χ2n) is 3.33. The second-order valence-corrected chi connectivity index (χ2v) is 3.33. The minimum atomic E-state index is 0.197. The molecule has 0 fully saturated rings. The minimum absolute atomic E-state index is 0.197. The Balaban J connectivity index is 2.36. The Bertz CT molecular complexity index is 328. The van der Waals surface area contributed by atoms with Crippen molar-refractivity contribution >= 4 is 5.91 Å². The smallest absolute Gasteiger partial charge is 0.230 e.